The molecular weight excluding hydrogens is 417 g/mol. The highest BCUT2D eigenvalue weighted by atomic mass is 35.5. The number of hydrogen-bond donors (Lipinski definition) is 0. The Balaban J connectivity index is 1.68. The van der Waals surface area contributed by atoms with Crippen molar-refractivity contribution in [1.29, 1.82) is 0 Å². The molecule has 0 spiro atoms. The van der Waals surface area contributed by atoms with Crippen LogP contribution >= 0.6 is 35.6 Å². The molecule has 140 valence electrons. The first-order valence-corrected chi connectivity index (χ1v) is 9.81. The van der Waals surface area contributed by atoms with Gasteiger partial charge in [-0.05, 0) is 48.1 Å². The van der Waals surface area contributed by atoms with Crippen molar-refractivity contribution in [1.82, 2.24) is 4.90 Å². The van der Waals surface area contributed by atoms with Crippen LogP contribution in [0.3, 0.4) is 0 Å². The minimum atomic E-state index is -4.49. The number of carbonyl (C=O) groups excluding carboxylic acids is 1. The molecule has 2 aromatic rings. The number of amides is 1. The lowest BCUT2D eigenvalue weighted by molar-refractivity contribution is -0.137. The average molecular weight is 429 g/mol. The fraction of sp³-hybridized carbons (Fsp3) is 0.222. The van der Waals surface area contributed by atoms with E-state index in [9.17, 15) is 18.0 Å². The van der Waals surface area contributed by atoms with Crippen LogP contribution in [0.1, 0.15) is 16.5 Å². The molecule has 2 fully saturated rings. The topological polar surface area (TPSA) is 23.6 Å². The number of rotatable bonds is 2. The van der Waals surface area contributed by atoms with Gasteiger partial charge in [-0.2, -0.15) is 13.2 Å². The second-order valence-corrected chi connectivity index (χ2v) is 8.08. The Morgan fingerprint density at radius 1 is 1.15 bits per heavy atom. The van der Waals surface area contributed by atoms with Crippen LogP contribution in [-0.4, -0.2) is 27.7 Å². The zero-order valence-corrected chi connectivity index (χ0v) is 16.0. The van der Waals surface area contributed by atoms with Crippen molar-refractivity contribution >= 4 is 52.3 Å². The van der Waals surface area contributed by atoms with E-state index in [1.165, 1.54) is 17.0 Å². The van der Waals surface area contributed by atoms with E-state index in [-0.39, 0.29) is 22.1 Å². The summed E-state index contributed by atoms with van der Waals surface area (Å²) in [5.41, 5.74) is 0.258. The van der Waals surface area contributed by atoms with Gasteiger partial charge in [0.05, 0.1) is 11.3 Å². The molecule has 27 heavy (non-hydrogen) atoms. The quantitative estimate of drug-likeness (QED) is 0.620. The highest BCUT2D eigenvalue weighted by Crippen LogP contribution is 2.46. The highest BCUT2D eigenvalue weighted by molar-refractivity contribution is 7.99. The number of alkyl halides is 3. The number of benzene rings is 2. The van der Waals surface area contributed by atoms with Gasteiger partial charge in [0, 0.05) is 10.8 Å². The maximum Gasteiger partial charge on any atom is 0.416 e. The minimum absolute atomic E-state index is 0.133. The number of fused-ring (bicyclic) bond motifs is 1. The predicted molar refractivity (Wildman–Crippen MR) is 104 cm³/mol. The molecule has 0 aromatic heterocycles. The molecule has 0 bridgehead atoms. The van der Waals surface area contributed by atoms with E-state index >= 15 is 0 Å². The van der Waals surface area contributed by atoms with Gasteiger partial charge in [0.25, 0.3) is 5.91 Å². The summed E-state index contributed by atoms with van der Waals surface area (Å²) in [6.45, 7) is 0. The van der Waals surface area contributed by atoms with E-state index in [1.807, 2.05) is 12.1 Å². The molecular formula is C18H12ClF3N2OS2. The Hall–Kier alpha value is -1.77. The van der Waals surface area contributed by atoms with Crippen LogP contribution in [0.5, 0.6) is 0 Å². The first-order chi connectivity index (χ1) is 12.8. The maximum atomic E-state index is 13.0. The highest BCUT2D eigenvalue weighted by Gasteiger charge is 2.51. The van der Waals surface area contributed by atoms with E-state index in [4.69, 9.17) is 23.8 Å². The monoisotopic (exact) mass is 428 g/mol. The fourth-order valence-electron chi connectivity index (χ4n) is 3.23. The van der Waals surface area contributed by atoms with Gasteiger partial charge >= 0.3 is 6.18 Å². The van der Waals surface area contributed by atoms with Gasteiger partial charge in [-0.15, -0.1) is 11.8 Å². The Kier molecular flexibility index (Phi) is 4.60. The summed E-state index contributed by atoms with van der Waals surface area (Å²) in [6.07, 6.45) is -4.49. The van der Waals surface area contributed by atoms with Crippen LogP contribution in [-0.2, 0) is 11.0 Å². The largest absolute Gasteiger partial charge is 0.416 e. The van der Waals surface area contributed by atoms with Gasteiger partial charge in [-0.3, -0.25) is 9.69 Å². The first-order valence-electron chi connectivity index (χ1n) is 7.98. The summed E-state index contributed by atoms with van der Waals surface area (Å²) < 4.78 is 39.1. The molecule has 2 atom stereocenters. The second kappa shape index (κ2) is 6.68. The van der Waals surface area contributed by atoms with Crippen molar-refractivity contribution < 1.29 is 18.0 Å². The summed E-state index contributed by atoms with van der Waals surface area (Å²) in [5, 5.41) is 0.637. The fourth-order valence-corrected chi connectivity index (χ4v) is 5.28. The molecule has 0 N–H and O–H groups in total. The first kappa shape index (κ1) is 18.6. The molecule has 3 nitrogen and oxygen atoms in total. The van der Waals surface area contributed by atoms with E-state index in [0.29, 0.717) is 10.8 Å². The molecule has 9 heteroatoms. The van der Waals surface area contributed by atoms with Crippen molar-refractivity contribution in [2.24, 2.45) is 0 Å². The van der Waals surface area contributed by atoms with E-state index in [0.717, 1.165) is 17.7 Å². The molecule has 1 amide bonds. The number of anilines is 1. The van der Waals surface area contributed by atoms with Gasteiger partial charge < -0.3 is 4.90 Å². The maximum absolute atomic E-state index is 13.0. The molecule has 2 saturated heterocycles. The molecule has 2 aromatic carbocycles. The van der Waals surface area contributed by atoms with Gasteiger partial charge in [0.2, 0.25) is 0 Å². The van der Waals surface area contributed by atoms with E-state index in [2.05, 4.69) is 0 Å². The van der Waals surface area contributed by atoms with Crippen LogP contribution in [0, 0.1) is 0 Å². The van der Waals surface area contributed by atoms with Crippen molar-refractivity contribution in [3.63, 3.8) is 0 Å². The summed E-state index contributed by atoms with van der Waals surface area (Å²) in [7, 11) is 0. The number of thioether (sulfide) groups is 1. The van der Waals surface area contributed by atoms with Gasteiger partial charge in [0.15, 0.2) is 5.11 Å². The molecule has 0 saturated carbocycles. The number of thiocarbonyl (C=S) groups is 1. The molecule has 0 aliphatic carbocycles. The van der Waals surface area contributed by atoms with Crippen molar-refractivity contribution in [3.05, 3.63) is 64.7 Å². The number of hydrogen-bond acceptors (Lipinski definition) is 3. The molecule has 2 aliphatic heterocycles. The minimum Gasteiger partial charge on any atom is -0.319 e. The number of halogens is 4. The van der Waals surface area contributed by atoms with Gasteiger partial charge in [-0.25, -0.2) is 0 Å². The second-order valence-electron chi connectivity index (χ2n) is 6.16. The normalized spacial score (nSPS) is 22.5. The Morgan fingerprint density at radius 2 is 1.85 bits per heavy atom. The summed E-state index contributed by atoms with van der Waals surface area (Å²) >= 11 is 13.0. The van der Waals surface area contributed by atoms with Gasteiger partial charge in [-0.1, -0.05) is 29.8 Å². The number of nitrogens with zero attached hydrogens (tertiary/aromatic N) is 2. The Bertz CT molecular complexity index is 920. The third-order valence-corrected chi connectivity index (χ3v) is 6.47. The van der Waals surface area contributed by atoms with E-state index in [1.54, 1.807) is 28.8 Å². The van der Waals surface area contributed by atoms with Crippen molar-refractivity contribution in [2.75, 3.05) is 10.7 Å². The van der Waals surface area contributed by atoms with Crippen molar-refractivity contribution in [3.8, 4) is 0 Å². The predicted octanol–water partition coefficient (Wildman–Crippen LogP) is 5.11. The Morgan fingerprint density at radius 3 is 2.52 bits per heavy atom. The van der Waals surface area contributed by atoms with Crippen LogP contribution in [0.25, 0.3) is 0 Å². The third-order valence-electron chi connectivity index (χ3n) is 4.50. The summed E-state index contributed by atoms with van der Waals surface area (Å²) in [5.74, 6) is 0.213. The molecule has 2 aliphatic rings. The third kappa shape index (κ3) is 3.19. The van der Waals surface area contributed by atoms with Gasteiger partial charge in [0.1, 0.15) is 11.4 Å². The molecule has 4 rings (SSSR count). The van der Waals surface area contributed by atoms with Crippen molar-refractivity contribution in [2.45, 2.75) is 17.6 Å². The van der Waals surface area contributed by atoms with E-state index < -0.39 is 17.8 Å². The zero-order valence-electron chi connectivity index (χ0n) is 13.6. The summed E-state index contributed by atoms with van der Waals surface area (Å²) in [4.78, 5) is 15.9. The molecule has 0 unspecified atom stereocenters. The standard InChI is InChI=1S/C18H12ClF3N2OS2/c19-12-6-4-10(5-7-12)16-24-14(9-27-16)15(25)23(17(24)26)13-3-1-2-11(8-13)18(20,21)22/h1-8,14,16H,9H2/t14-,16-/m0/s1. The van der Waals surface area contributed by atoms with Crippen LogP contribution < -0.4 is 4.90 Å². The number of carbonyl (C=O) groups is 1. The Labute approximate surface area is 168 Å². The average Bonchev–Trinajstić information content (AvgIpc) is 3.16. The SMILES string of the molecule is O=C1[C@@H]2CS[C@@H](c3ccc(Cl)cc3)N2C(=S)N1c1cccc(C(F)(F)F)c1. The zero-order chi connectivity index (χ0) is 19.3. The lowest BCUT2D eigenvalue weighted by Crippen LogP contribution is -2.33. The smallest absolute Gasteiger partial charge is 0.319 e. The molecule has 0 radical (unpaired) electrons. The summed E-state index contributed by atoms with van der Waals surface area (Å²) in [6, 6.07) is 11.4. The van der Waals surface area contributed by atoms with Crippen LogP contribution in [0.15, 0.2) is 48.5 Å². The van der Waals surface area contributed by atoms with Crippen LogP contribution in [0.2, 0.25) is 5.02 Å². The lowest BCUT2D eigenvalue weighted by atomic mass is 10.2. The van der Waals surface area contributed by atoms with Crippen LogP contribution in [0.4, 0.5) is 18.9 Å². The molecule has 2 heterocycles. The lowest BCUT2D eigenvalue weighted by Gasteiger charge is -2.26.